The van der Waals surface area contributed by atoms with Crippen LogP contribution in [0.4, 0.5) is 5.69 Å². The Morgan fingerprint density at radius 2 is 2.29 bits per heavy atom. The van der Waals surface area contributed by atoms with Gasteiger partial charge in [0.2, 0.25) is 5.75 Å². The molecule has 1 heterocycles. The van der Waals surface area contributed by atoms with Gasteiger partial charge in [0, 0.05) is 12.6 Å². The minimum Gasteiger partial charge on any atom is -0.502 e. The number of nitro groups is 1. The van der Waals surface area contributed by atoms with Gasteiger partial charge in [0.25, 0.3) is 5.91 Å². The molecule has 1 amide bonds. The molecule has 0 aliphatic heterocycles. The van der Waals surface area contributed by atoms with Crippen molar-refractivity contribution in [1.82, 2.24) is 20.1 Å². The van der Waals surface area contributed by atoms with Crippen LogP contribution < -0.4 is 5.32 Å². The summed E-state index contributed by atoms with van der Waals surface area (Å²) in [6.07, 6.45) is 1.53. The Labute approximate surface area is 119 Å². The summed E-state index contributed by atoms with van der Waals surface area (Å²) in [5, 5.41) is 30.6. The molecule has 9 nitrogen and oxygen atoms in total. The van der Waals surface area contributed by atoms with Gasteiger partial charge in [-0.15, -0.1) is 10.2 Å². The number of hydrogen-bond donors (Lipinski definition) is 2. The lowest BCUT2D eigenvalue weighted by molar-refractivity contribution is -0.385. The number of aromatic hydroxyl groups is 1. The number of amides is 1. The highest BCUT2D eigenvalue weighted by atomic mass is 16.6. The Bertz CT molecular complexity index is 682. The van der Waals surface area contributed by atoms with Crippen LogP contribution in [0.2, 0.25) is 0 Å². The summed E-state index contributed by atoms with van der Waals surface area (Å²) < 4.78 is 1.74. The van der Waals surface area contributed by atoms with E-state index in [2.05, 4.69) is 15.5 Å². The smallest absolute Gasteiger partial charge is 0.311 e. The SMILES string of the molecule is CCn1cnnc1CNC(=O)c1cccc([N+](=O)[O-])c1O. The van der Waals surface area contributed by atoms with Crippen molar-refractivity contribution in [3.63, 3.8) is 0 Å². The molecule has 0 fully saturated rings. The quantitative estimate of drug-likeness (QED) is 0.621. The zero-order chi connectivity index (χ0) is 15.4. The Balaban J connectivity index is 2.14. The molecule has 21 heavy (non-hydrogen) atoms. The molecule has 2 rings (SSSR count). The lowest BCUT2D eigenvalue weighted by atomic mass is 10.1. The molecule has 2 aromatic rings. The maximum absolute atomic E-state index is 12.0. The van der Waals surface area contributed by atoms with Crippen LogP contribution in [0.5, 0.6) is 5.75 Å². The van der Waals surface area contributed by atoms with Gasteiger partial charge < -0.3 is 15.0 Å². The molecule has 9 heteroatoms. The predicted octanol–water partition coefficient (Wildman–Crippen LogP) is 0.842. The number of aryl methyl sites for hydroxylation is 1. The molecule has 0 saturated carbocycles. The van der Waals surface area contributed by atoms with Crippen LogP contribution in [0.15, 0.2) is 24.5 Å². The molecule has 0 atom stereocenters. The number of rotatable bonds is 5. The van der Waals surface area contributed by atoms with Gasteiger partial charge in [0.15, 0.2) is 5.82 Å². The number of hydrogen-bond acceptors (Lipinski definition) is 6. The summed E-state index contributed by atoms with van der Waals surface area (Å²) in [5.74, 6) is -0.727. The molecule has 2 N–H and O–H groups in total. The third-order valence-electron chi connectivity index (χ3n) is 2.90. The van der Waals surface area contributed by atoms with E-state index >= 15 is 0 Å². The number of carbonyl (C=O) groups excluding carboxylic acids is 1. The van der Waals surface area contributed by atoms with Crippen molar-refractivity contribution in [2.75, 3.05) is 0 Å². The summed E-state index contributed by atoms with van der Waals surface area (Å²) in [7, 11) is 0. The average Bonchev–Trinajstić information content (AvgIpc) is 2.92. The maximum atomic E-state index is 12.0. The maximum Gasteiger partial charge on any atom is 0.311 e. The number of benzene rings is 1. The van der Waals surface area contributed by atoms with E-state index in [1.807, 2.05) is 6.92 Å². The molecule has 110 valence electrons. The Morgan fingerprint density at radius 1 is 1.52 bits per heavy atom. The number of carbonyl (C=O) groups is 1. The molecule has 0 aliphatic carbocycles. The molecule has 0 aliphatic rings. The number of phenols is 1. The van der Waals surface area contributed by atoms with E-state index in [1.54, 1.807) is 4.57 Å². The molecular weight excluding hydrogens is 278 g/mol. The van der Waals surface area contributed by atoms with Crippen LogP contribution in [-0.4, -0.2) is 30.7 Å². The first-order chi connectivity index (χ1) is 10.0. The standard InChI is InChI=1S/C12H13N5O4/c1-2-16-7-14-15-10(16)6-13-12(19)8-4-3-5-9(11(8)18)17(20)21/h3-5,7,18H,2,6H2,1H3,(H,13,19). The first-order valence-corrected chi connectivity index (χ1v) is 6.15. The van der Waals surface area contributed by atoms with Crippen molar-refractivity contribution in [1.29, 1.82) is 0 Å². The lowest BCUT2D eigenvalue weighted by Crippen LogP contribution is -2.24. The van der Waals surface area contributed by atoms with Crippen molar-refractivity contribution in [3.8, 4) is 5.75 Å². The van der Waals surface area contributed by atoms with Gasteiger partial charge >= 0.3 is 5.69 Å². The molecular formula is C12H13N5O4. The van der Waals surface area contributed by atoms with Crippen LogP contribution in [-0.2, 0) is 13.1 Å². The summed E-state index contributed by atoms with van der Waals surface area (Å²) in [4.78, 5) is 22.0. The molecule has 0 spiro atoms. The van der Waals surface area contributed by atoms with Gasteiger partial charge in [-0.3, -0.25) is 14.9 Å². The van der Waals surface area contributed by atoms with Crippen LogP contribution in [0, 0.1) is 10.1 Å². The van der Waals surface area contributed by atoms with Gasteiger partial charge in [0.1, 0.15) is 6.33 Å². The zero-order valence-electron chi connectivity index (χ0n) is 11.2. The molecule has 0 radical (unpaired) electrons. The molecule has 1 aromatic carbocycles. The molecule has 0 saturated heterocycles. The van der Waals surface area contributed by atoms with Gasteiger partial charge in [-0.05, 0) is 13.0 Å². The van der Waals surface area contributed by atoms with Gasteiger partial charge in [-0.2, -0.15) is 0 Å². The fraction of sp³-hybridized carbons (Fsp3) is 0.250. The predicted molar refractivity (Wildman–Crippen MR) is 71.6 cm³/mol. The Kier molecular flexibility index (Phi) is 4.12. The largest absolute Gasteiger partial charge is 0.502 e. The summed E-state index contributed by atoms with van der Waals surface area (Å²) in [6, 6.07) is 3.77. The van der Waals surface area contributed by atoms with Crippen molar-refractivity contribution in [2.45, 2.75) is 20.0 Å². The van der Waals surface area contributed by atoms with Gasteiger partial charge in [-0.1, -0.05) is 6.07 Å². The van der Waals surface area contributed by atoms with Crippen molar-refractivity contribution >= 4 is 11.6 Å². The average molecular weight is 291 g/mol. The van der Waals surface area contributed by atoms with E-state index in [1.165, 1.54) is 18.5 Å². The van der Waals surface area contributed by atoms with Crippen LogP contribution in [0.3, 0.4) is 0 Å². The highest BCUT2D eigenvalue weighted by molar-refractivity contribution is 5.97. The van der Waals surface area contributed by atoms with Crippen LogP contribution >= 0.6 is 0 Å². The molecule has 1 aromatic heterocycles. The minimum atomic E-state index is -0.750. The second kappa shape index (κ2) is 5.99. The number of aromatic nitrogens is 3. The van der Waals surface area contributed by atoms with Crippen molar-refractivity contribution in [3.05, 3.63) is 46.0 Å². The van der Waals surface area contributed by atoms with Crippen LogP contribution in [0.25, 0.3) is 0 Å². The van der Waals surface area contributed by atoms with E-state index in [0.29, 0.717) is 12.4 Å². The molecule has 0 unspecified atom stereocenters. The zero-order valence-corrected chi connectivity index (χ0v) is 11.2. The number of nitrogens with zero attached hydrogens (tertiary/aromatic N) is 4. The highest BCUT2D eigenvalue weighted by Crippen LogP contribution is 2.29. The summed E-state index contributed by atoms with van der Waals surface area (Å²) in [5.41, 5.74) is -0.675. The van der Waals surface area contributed by atoms with Crippen molar-refractivity contribution < 1.29 is 14.8 Å². The first-order valence-electron chi connectivity index (χ1n) is 6.15. The number of phenolic OH excluding ortho intramolecular Hbond substituents is 1. The Hall–Kier alpha value is -2.97. The number of nitro benzene ring substituents is 1. The van der Waals surface area contributed by atoms with Crippen LogP contribution in [0.1, 0.15) is 23.1 Å². The lowest BCUT2D eigenvalue weighted by Gasteiger charge is -2.07. The highest BCUT2D eigenvalue weighted by Gasteiger charge is 2.20. The van der Waals surface area contributed by atoms with E-state index in [9.17, 15) is 20.0 Å². The minimum absolute atomic E-state index is 0.106. The van der Waals surface area contributed by atoms with E-state index in [0.717, 1.165) is 6.07 Å². The van der Waals surface area contributed by atoms with E-state index < -0.39 is 22.3 Å². The van der Waals surface area contributed by atoms with E-state index in [4.69, 9.17) is 0 Å². The van der Waals surface area contributed by atoms with Gasteiger partial charge in [0.05, 0.1) is 17.0 Å². The normalized spacial score (nSPS) is 10.3. The first kappa shape index (κ1) is 14.4. The fourth-order valence-corrected chi connectivity index (χ4v) is 1.80. The second-order valence-corrected chi connectivity index (χ2v) is 4.15. The number of nitrogens with one attached hydrogen (secondary N) is 1. The summed E-state index contributed by atoms with van der Waals surface area (Å²) in [6.45, 7) is 2.66. The molecule has 0 bridgehead atoms. The van der Waals surface area contributed by atoms with Gasteiger partial charge in [-0.25, -0.2) is 0 Å². The third-order valence-corrected chi connectivity index (χ3v) is 2.90. The number of para-hydroxylation sites is 1. The second-order valence-electron chi connectivity index (χ2n) is 4.15. The monoisotopic (exact) mass is 291 g/mol. The Morgan fingerprint density at radius 3 is 2.95 bits per heavy atom. The fourth-order valence-electron chi connectivity index (χ4n) is 1.80. The third kappa shape index (κ3) is 2.96. The van der Waals surface area contributed by atoms with Crippen molar-refractivity contribution in [2.24, 2.45) is 0 Å². The summed E-state index contributed by atoms with van der Waals surface area (Å²) >= 11 is 0. The topological polar surface area (TPSA) is 123 Å². The van der Waals surface area contributed by atoms with E-state index in [-0.39, 0.29) is 12.1 Å².